The van der Waals surface area contributed by atoms with E-state index in [0.29, 0.717) is 5.56 Å². The molecule has 0 spiro atoms. The highest BCUT2D eigenvalue weighted by molar-refractivity contribution is 5.79. The monoisotopic (exact) mass is 180 g/mol. The van der Waals surface area contributed by atoms with Crippen molar-refractivity contribution in [1.82, 2.24) is 0 Å². The summed E-state index contributed by atoms with van der Waals surface area (Å²) in [5.74, 6) is -0.130. The Labute approximate surface area is 76.6 Å². The topological polar surface area (TPSA) is 57.5 Å². The number of ketones is 1. The molecule has 3 heteroatoms. The van der Waals surface area contributed by atoms with Crippen LogP contribution in [0.5, 0.6) is 11.5 Å². The Kier molecular flexibility index (Phi) is 2.56. The number of hydrogen-bond acceptors (Lipinski definition) is 3. The summed E-state index contributed by atoms with van der Waals surface area (Å²) in [7, 11) is 0. The van der Waals surface area contributed by atoms with E-state index in [2.05, 4.69) is 0 Å². The van der Waals surface area contributed by atoms with Crippen molar-refractivity contribution in [3.8, 4) is 11.5 Å². The van der Waals surface area contributed by atoms with Gasteiger partial charge in [0.15, 0.2) is 0 Å². The smallest absolute Gasteiger partial charge is 0.134 e. The first-order valence-corrected chi connectivity index (χ1v) is 4.01. The molecule has 0 aliphatic heterocycles. The second-order valence-electron chi connectivity index (χ2n) is 3.16. The van der Waals surface area contributed by atoms with Crippen LogP contribution >= 0.6 is 0 Å². The predicted molar refractivity (Wildman–Crippen MR) is 48.9 cm³/mol. The molecule has 0 heterocycles. The van der Waals surface area contributed by atoms with Crippen LogP contribution in [0.4, 0.5) is 0 Å². The van der Waals surface area contributed by atoms with Gasteiger partial charge in [-0.05, 0) is 31.5 Å². The minimum Gasteiger partial charge on any atom is -0.508 e. The van der Waals surface area contributed by atoms with Crippen LogP contribution in [-0.2, 0) is 11.2 Å². The van der Waals surface area contributed by atoms with Gasteiger partial charge in [-0.1, -0.05) is 0 Å². The van der Waals surface area contributed by atoms with Crippen LogP contribution in [0.3, 0.4) is 0 Å². The standard InChI is InChI=1S/C10H12O3/c1-6-3-9(12)8(5-7(2)11)10(13)4-6/h3-4,12-13H,5H2,1-2H3. The number of phenols is 2. The van der Waals surface area contributed by atoms with Crippen LogP contribution in [0.2, 0.25) is 0 Å². The quantitative estimate of drug-likeness (QED) is 0.725. The number of hydrogen-bond donors (Lipinski definition) is 2. The molecule has 0 saturated heterocycles. The molecule has 1 aromatic rings. The van der Waals surface area contributed by atoms with Crippen molar-refractivity contribution in [3.05, 3.63) is 23.3 Å². The highest BCUT2D eigenvalue weighted by Crippen LogP contribution is 2.28. The van der Waals surface area contributed by atoms with Crippen LogP contribution in [0.1, 0.15) is 18.1 Å². The van der Waals surface area contributed by atoms with Crippen molar-refractivity contribution >= 4 is 5.78 Å². The van der Waals surface area contributed by atoms with Crippen LogP contribution < -0.4 is 0 Å². The molecule has 0 unspecified atom stereocenters. The molecule has 0 amide bonds. The minimum absolute atomic E-state index is 0.0206. The number of aromatic hydroxyl groups is 2. The Balaban J connectivity index is 3.13. The van der Waals surface area contributed by atoms with E-state index in [1.807, 2.05) is 0 Å². The van der Waals surface area contributed by atoms with Gasteiger partial charge in [-0.25, -0.2) is 0 Å². The molecular weight excluding hydrogens is 168 g/mol. The number of phenolic OH excluding ortho intramolecular Hbond substituents is 2. The van der Waals surface area contributed by atoms with Gasteiger partial charge in [0.05, 0.1) is 0 Å². The van der Waals surface area contributed by atoms with E-state index in [1.54, 1.807) is 6.92 Å². The Morgan fingerprint density at radius 1 is 1.31 bits per heavy atom. The van der Waals surface area contributed by atoms with E-state index in [0.717, 1.165) is 5.56 Å². The highest BCUT2D eigenvalue weighted by Gasteiger charge is 2.09. The van der Waals surface area contributed by atoms with Gasteiger partial charge >= 0.3 is 0 Å². The minimum atomic E-state index is -0.0885. The molecule has 0 aliphatic carbocycles. The van der Waals surface area contributed by atoms with Gasteiger partial charge in [-0.3, -0.25) is 4.79 Å². The van der Waals surface area contributed by atoms with Crippen LogP contribution in [-0.4, -0.2) is 16.0 Å². The summed E-state index contributed by atoms with van der Waals surface area (Å²) in [5, 5.41) is 18.8. The third-order valence-electron chi connectivity index (χ3n) is 1.77. The molecule has 0 atom stereocenters. The zero-order valence-electron chi connectivity index (χ0n) is 7.66. The number of carbonyl (C=O) groups excluding carboxylic acids is 1. The fraction of sp³-hybridized carbons (Fsp3) is 0.300. The average molecular weight is 180 g/mol. The third-order valence-corrected chi connectivity index (χ3v) is 1.77. The zero-order valence-corrected chi connectivity index (χ0v) is 7.66. The van der Waals surface area contributed by atoms with Gasteiger partial charge in [0.25, 0.3) is 0 Å². The third kappa shape index (κ3) is 2.21. The summed E-state index contributed by atoms with van der Waals surface area (Å²) in [5.41, 5.74) is 1.07. The maximum atomic E-state index is 10.8. The largest absolute Gasteiger partial charge is 0.508 e. The van der Waals surface area contributed by atoms with Gasteiger partial charge < -0.3 is 10.2 Å². The first-order valence-electron chi connectivity index (χ1n) is 4.01. The first kappa shape index (κ1) is 9.58. The molecule has 0 saturated carbocycles. The van der Waals surface area contributed by atoms with Crippen molar-refractivity contribution in [2.45, 2.75) is 20.3 Å². The Morgan fingerprint density at radius 2 is 1.77 bits per heavy atom. The van der Waals surface area contributed by atoms with Gasteiger partial charge in [0, 0.05) is 12.0 Å². The molecule has 0 bridgehead atoms. The van der Waals surface area contributed by atoms with Gasteiger partial charge in [-0.15, -0.1) is 0 Å². The van der Waals surface area contributed by atoms with Crippen molar-refractivity contribution in [1.29, 1.82) is 0 Å². The van der Waals surface area contributed by atoms with E-state index in [-0.39, 0.29) is 23.7 Å². The average Bonchev–Trinajstić information content (AvgIpc) is 1.96. The summed E-state index contributed by atoms with van der Waals surface area (Å²) >= 11 is 0. The summed E-state index contributed by atoms with van der Waals surface area (Å²) in [6.45, 7) is 3.18. The van der Waals surface area contributed by atoms with Crippen LogP contribution in [0, 0.1) is 6.92 Å². The summed E-state index contributed by atoms with van der Waals surface area (Å²) in [6, 6.07) is 3.05. The lowest BCUT2D eigenvalue weighted by Gasteiger charge is -2.06. The predicted octanol–water partition coefficient (Wildman–Crippen LogP) is 1.54. The summed E-state index contributed by atoms with van der Waals surface area (Å²) < 4.78 is 0. The summed E-state index contributed by atoms with van der Waals surface area (Å²) in [6.07, 6.45) is 0.0674. The number of Topliss-reactive ketones (excluding diaryl/α,β-unsaturated/α-hetero) is 1. The molecule has 13 heavy (non-hydrogen) atoms. The van der Waals surface area contributed by atoms with Crippen molar-refractivity contribution in [2.75, 3.05) is 0 Å². The normalized spacial score (nSPS) is 10.0. The van der Waals surface area contributed by atoms with Crippen LogP contribution in [0.25, 0.3) is 0 Å². The summed E-state index contributed by atoms with van der Waals surface area (Å²) in [4.78, 5) is 10.8. The molecule has 3 nitrogen and oxygen atoms in total. The van der Waals surface area contributed by atoms with E-state index in [9.17, 15) is 15.0 Å². The maximum absolute atomic E-state index is 10.8. The Bertz CT molecular complexity index is 319. The van der Waals surface area contributed by atoms with Crippen molar-refractivity contribution in [3.63, 3.8) is 0 Å². The first-order chi connectivity index (χ1) is 6.00. The fourth-order valence-electron chi connectivity index (χ4n) is 1.21. The van der Waals surface area contributed by atoms with Gasteiger partial charge in [-0.2, -0.15) is 0 Å². The number of benzene rings is 1. The number of rotatable bonds is 2. The molecule has 0 fully saturated rings. The molecule has 0 radical (unpaired) electrons. The van der Waals surface area contributed by atoms with Crippen molar-refractivity contribution < 1.29 is 15.0 Å². The molecule has 0 aliphatic rings. The number of aryl methyl sites for hydroxylation is 1. The lowest BCUT2D eigenvalue weighted by atomic mass is 10.0. The van der Waals surface area contributed by atoms with Crippen LogP contribution in [0.15, 0.2) is 12.1 Å². The second kappa shape index (κ2) is 3.47. The van der Waals surface area contributed by atoms with E-state index >= 15 is 0 Å². The van der Waals surface area contributed by atoms with E-state index in [4.69, 9.17) is 0 Å². The lowest BCUT2D eigenvalue weighted by molar-refractivity contribution is -0.116. The van der Waals surface area contributed by atoms with Gasteiger partial charge in [0.2, 0.25) is 0 Å². The fourth-order valence-corrected chi connectivity index (χ4v) is 1.21. The molecule has 70 valence electrons. The SMILES string of the molecule is CC(=O)Cc1c(O)cc(C)cc1O. The van der Waals surface area contributed by atoms with Crippen molar-refractivity contribution in [2.24, 2.45) is 0 Å². The zero-order chi connectivity index (χ0) is 10.0. The molecular formula is C10H12O3. The van der Waals surface area contributed by atoms with E-state index in [1.165, 1.54) is 19.1 Å². The maximum Gasteiger partial charge on any atom is 0.134 e. The molecule has 1 aromatic carbocycles. The molecule has 1 rings (SSSR count). The lowest BCUT2D eigenvalue weighted by Crippen LogP contribution is -1.97. The second-order valence-corrected chi connectivity index (χ2v) is 3.16. The Hall–Kier alpha value is -1.51. The van der Waals surface area contributed by atoms with E-state index < -0.39 is 0 Å². The molecule has 0 aromatic heterocycles. The Morgan fingerprint density at radius 3 is 2.15 bits per heavy atom. The number of carbonyl (C=O) groups is 1. The highest BCUT2D eigenvalue weighted by atomic mass is 16.3. The van der Waals surface area contributed by atoms with Gasteiger partial charge in [0.1, 0.15) is 17.3 Å². The molecule has 2 N–H and O–H groups in total.